The van der Waals surface area contributed by atoms with Crippen LogP contribution in [0.2, 0.25) is 0 Å². The molecule has 0 aromatic carbocycles. The van der Waals surface area contributed by atoms with Crippen molar-refractivity contribution in [3.63, 3.8) is 0 Å². The molecule has 0 aliphatic carbocycles. The van der Waals surface area contributed by atoms with Crippen molar-refractivity contribution in [3.05, 3.63) is 27.1 Å². The largest absolute Gasteiger partial charge is 0.345 e. The highest BCUT2D eigenvalue weighted by molar-refractivity contribution is 7.13. The van der Waals surface area contributed by atoms with E-state index in [0.717, 1.165) is 50.2 Å². The Hall–Kier alpha value is -1.47. The predicted octanol–water partition coefficient (Wildman–Crippen LogP) is 1.62. The first-order chi connectivity index (χ1) is 9.08. The lowest BCUT2D eigenvalue weighted by molar-refractivity contribution is -0.380. The molecule has 2 bridgehead atoms. The van der Waals surface area contributed by atoms with E-state index >= 15 is 0 Å². The first-order valence-corrected chi connectivity index (χ1v) is 7.24. The van der Waals surface area contributed by atoms with Gasteiger partial charge in [-0.25, -0.2) is 0 Å². The van der Waals surface area contributed by atoms with Crippen molar-refractivity contribution in [2.45, 2.75) is 24.8 Å². The molecular weight excluding hydrogens is 266 g/mol. The lowest BCUT2D eigenvalue weighted by Crippen LogP contribution is -2.52. The van der Waals surface area contributed by atoms with E-state index in [1.807, 2.05) is 0 Å². The molecule has 19 heavy (non-hydrogen) atoms. The standard InChI is InChI=1S/C12H15N3O3S/c16-11(9-6-10(15(17)18)19-7-9)13-12-2-1-4-14(8-12)5-3-12/h6-7H,1-5,8H2,(H,13,16). The summed E-state index contributed by atoms with van der Waals surface area (Å²) in [4.78, 5) is 24.7. The smallest absolute Gasteiger partial charge is 0.324 e. The number of thiophene rings is 1. The van der Waals surface area contributed by atoms with Gasteiger partial charge in [-0.3, -0.25) is 14.9 Å². The summed E-state index contributed by atoms with van der Waals surface area (Å²) >= 11 is 0.995. The second-order valence-electron chi connectivity index (χ2n) is 5.29. The zero-order valence-corrected chi connectivity index (χ0v) is 11.2. The molecule has 2 aliphatic rings. The van der Waals surface area contributed by atoms with Gasteiger partial charge < -0.3 is 10.2 Å². The average molecular weight is 281 g/mol. The number of hydrogen-bond acceptors (Lipinski definition) is 5. The van der Waals surface area contributed by atoms with Crippen LogP contribution in [-0.2, 0) is 0 Å². The van der Waals surface area contributed by atoms with Crippen molar-refractivity contribution >= 4 is 22.2 Å². The quantitative estimate of drug-likeness (QED) is 0.675. The SMILES string of the molecule is O=C(NC12CCCN(CC1)C2)c1csc([N+](=O)[O-])c1. The normalized spacial score (nSPS) is 29.2. The van der Waals surface area contributed by atoms with Crippen LogP contribution in [0, 0.1) is 10.1 Å². The van der Waals surface area contributed by atoms with Crippen molar-refractivity contribution < 1.29 is 9.72 Å². The Morgan fingerprint density at radius 2 is 2.32 bits per heavy atom. The summed E-state index contributed by atoms with van der Waals surface area (Å²) in [7, 11) is 0. The molecular formula is C12H15N3O3S. The molecule has 102 valence electrons. The fraction of sp³-hybridized carbons (Fsp3) is 0.583. The van der Waals surface area contributed by atoms with E-state index in [2.05, 4.69) is 10.2 Å². The van der Waals surface area contributed by atoms with Crippen molar-refractivity contribution in [2.24, 2.45) is 0 Å². The van der Waals surface area contributed by atoms with E-state index in [9.17, 15) is 14.9 Å². The number of nitro groups is 1. The van der Waals surface area contributed by atoms with Crippen LogP contribution in [-0.4, -0.2) is 40.9 Å². The number of amides is 1. The second-order valence-corrected chi connectivity index (χ2v) is 6.18. The van der Waals surface area contributed by atoms with Crippen molar-refractivity contribution in [1.29, 1.82) is 0 Å². The number of carbonyl (C=O) groups is 1. The zero-order valence-electron chi connectivity index (χ0n) is 10.4. The minimum atomic E-state index is -0.461. The Kier molecular flexibility index (Phi) is 3.02. The highest BCUT2D eigenvalue weighted by Gasteiger charge is 2.42. The third-order valence-corrected chi connectivity index (χ3v) is 4.85. The van der Waals surface area contributed by atoms with Crippen LogP contribution in [0.5, 0.6) is 0 Å². The third-order valence-electron chi connectivity index (χ3n) is 3.97. The average Bonchev–Trinajstić information content (AvgIpc) is 2.95. The van der Waals surface area contributed by atoms with Crippen molar-refractivity contribution in [2.75, 3.05) is 19.6 Å². The molecule has 3 heterocycles. The predicted molar refractivity (Wildman–Crippen MR) is 71.5 cm³/mol. The first kappa shape index (κ1) is 12.6. The monoisotopic (exact) mass is 281 g/mol. The van der Waals surface area contributed by atoms with E-state index in [-0.39, 0.29) is 16.4 Å². The summed E-state index contributed by atoms with van der Waals surface area (Å²) in [6.45, 7) is 3.05. The van der Waals surface area contributed by atoms with Gasteiger partial charge in [0.15, 0.2) is 0 Å². The van der Waals surface area contributed by atoms with Gasteiger partial charge >= 0.3 is 5.00 Å². The van der Waals surface area contributed by atoms with Gasteiger partial charge in [-0.05, 0) is 25.8 Å². The number of carbonyl (C=O) groups excluding carboxylic acids is 1. The molecule has 1 aromatic rings. The van der Waals surface area contributed by atoms with Gasteiger partial charge in [-0.1, -0.05) is 11.3 Å². The van der Waals surface area contributed by atoms with Gasteiger partial charge in [0.2, 0.25) is 0 Å². The summed E-state index contributed by atoms with van der Waals surface area (Å²) in [5.41, 5.74) is 0.279. The Balaban J connectivity index is 1.72. The lowest BCUT2D eigenvalue weighted by Gasteiger charge is -2.34. The van der Waals surface area contributed by atoms with Crippen LogP contribution < -0.4 is 5.32 Å². The van der Waals surface area contributed by atoms with Gasteiger partial charge in [0.25, 0.3) is 5.91 Å². The Morgan fingerprint density at radius 1 is 1.47 bits per heavy atom. The molecule has 3 rings (SSSR count). The van der Waals surface area contributed by atoms with Crippen LogP contribution in [0.4, 0.5) is 5.00 Å². The highest BCUT2D eigenvalue weighted by atomic mass is 32.1. The number of fused-ring (bicyclic) bond motifs is 2. The fourth-order valence-corrected chi connectivity index (χ4v) is 3.72. The van der Waals surface area contributed by atoms with E-state index in [4.69, 9.17) is 0 Å². The zero-order chi connectivity index (χ0) is 13.5. The van der Waals surface area contributed by atoms with Gasteiger partial charge in [-0.2, -0.15) is 0 Å². The van der Waals surface area contributed by atoms with E-state index < -0.39 is 4.92 Å². The summed E-state index contributed by atoms with van der Waals surface area (Å²) in [5.74, 6) is -0.187. The molecule has 1 amide bonds. The van der Waals surface area contributed by atoms with Gasteiger partial charge in [0.05, 0.1) is 16.0 Å². The summed E-state index contributed by atoms with van der Waals surface area (Å²) < 4.78 is 0. The molecule has 2 aliphatic heterocycles. The summed E-state index contributed by atoms with van der Waals surface area (Å²) in [5, 5.41) is 15.3. The Morgan fingerprint density at radius 3 is 3.05 bits per heavy atom. The number of rotatable bonds is 3. The van der Waals surface area contributed by atoms with Gasteiger partial charge in [-0.15, -0.1) is 0 Å². The Labute approximate surface area is 114 Å². The second kappa shape index (κ2) is 4.57. The van der Waals surface area contributed by atoms with Crippen LogP contribution in [0.3, 0.4) is 0 Å². The molecule has 7 heteroatoms. The van der Waals surface area contributed by atoms with Gasteiger partial charge in [0, 0.05) is 24.5 Å². The highest BCUT2D eigenvalue weighted by Crippen LogP contribution is 2.32. The molecule has 2 saturated heterocycles. The molecule has 0 saturated carbocycles. The molecule has 6 nitrogen and oxygen atoms in total. The maximum atomic E-state index is 12.2. The number of nitrogens with zero attached hydrogens (tertiary/aromatic N) is 2. The molecule has 2 atom stereocenters. The minimum Gasteiger partial charge on any atom is -0.345 e. The lowest BCUT2D eigenvalue weighted by atomic mass is 9.90. The number of piperidine rings is 1. The molecule has 2 unspecified atom stereocenters. The molecule has 0 radical (unpaired) electrons. The maximum absolute atomic E-state index is 12.2. The topological polar surface area (TPSA) is 75.5 Å². The van der Waals surface area contributed by atoms with Crippen LogP contribution in [0.1, 0.15) is 29.6 Å². The minimum absolute atomic E-state index is 0.0133. The van der Waals surface area contributed by atoms with Crippen LogP contribution >= 0.6 is 11.3 Å². The van der Waals surface area contributed by atoms with Gasteiger partial charge in [0.1, 0.15) is 0 Å². The maximum Gasteiger partial charge on any atom is 0.324 e. The van der Waals surface area contributed by atoms with Crippen molar-refractivity contribution in [1.82, 2.24) is 10.2 Å². The molecule has 0 spiro atoms. The van der Waals surface area contributed by atoms with Crippen LogP contribution in [0.25, 0.3) is 0 Å². The molecule has 1 N–H and O–H groups in total. The first-order valence-electron chi connectivity index (χ1n) is 6.36. The van der Waals surface area contributed by atoms with E-state index in [1.165, 1.54) is 6.07 Å². The van der Waals surface area contributed by atoms with E-state index in [0.29, 0.717) is 5.56 Å². The summed E-state index contributed by atoms with van der Waals surface area (Å²) in [6.07, 6.45) is 3.08. The molecule has 2 fully saturated rings. The number of nitrogens with one attached hydrogen (secondary N) is 1. The Bertz CT molecular complexity index is 526. The fourth-order valence-electron chi connectivity index (χ4n) is 3.01. The number of hydrogen-bond donors (Lipinski definition) is 1. The van der Waals surface area contributed by atoms with Crippen molar-refractivity contribution in [3.8, 4) is 0 Å². The summed E-state index contributed by atoms with van der Waals surface area (Å²) in [6, 6.07) is 1.35. The van der Waals surface area contributed by atoms with Crippen LogP contribution in [0.15, 0.2) is 11.4 Å². The molecule has 1 aromatic heterocycles. The van der Waals surface area contributed by atoms with E-state index in [1.54, 1.807) is 5.38 Å². The third kappa shape index (κ3) is 2.35.